The second-order valence-electron chi connectivity index (χ2n) is 10.5. The molecule has 0 spiro atoms. The molecule has 3 heterocycles. The third-order valence-corrected chi connectivity index (χ3v) is 8.42. The van der Waals surface area contributed by atoms with E-state index in [9.17, 15) is 14.7 Å². The highest BCUT2D eigenvalue weighted by molar-refractivity contribution is 7.22. The summed E-state index contributed by atoms with van der Waals surface area (Å²) in [4.78, 5) is 33.4. The maximum atomic E-state index is 13.6. The Morgan fingerprint density at radius 3 is 2.62 bits per heavy atom. The molecule has 7 nitrogen and oxygen atoms in total. The first-order valence-corrected chi connectivity index (χ1v) is 14.3. The van der Waals surface area contributed by atoms with Gasteiger partial charge in [0, 0.05) is 12.0 Å². The van der Waals surface area contributed by atoms with E-state index < -0.39 is 17.7 Å². The van der Waals surface area contributed by atoms with Gasteiger partial charge in [0.25, 0.3) is 5.78 Å². The van der Waals surface area contributed by atoms with Crippen molar-refractivity contribution in [3.05, 3.63) is 88.5 Å². The van der Waals surface area contributed by atoms with Crippen LogP contribution >= 0.6 is 11.3 Å². The zero-order valence-corrected chi connectivity index (χ0v) is 23.6. The number of carbonyl (C=O) groups excluding carboxylic acids is 2. The molecule has 2 atom stereocenters. The molecule has 0 aliphatic carbocycles. The van der Waals surface area contributed by atoms with Crippen LogP contribution in [0.4, 0.5) is 5.13 Å². The first-order chi connectivity index (χ1) is 19.2. The van der Waals surface area contributed by atoms with Crippen LogP contribution in [0.25, 0.3) is 16.0 Å². The fraction of sp³-hybridized carbons (Fsp3) is 0.281. The molecule has 1 saturated heterocycles. The number of aliphatic hydroxyl groups is 1. The molecule has 1 fully saturated rings. The Balaban J connectivity index is 1.50. The standard InChI is InChI=1S/C32H30N2O5S/c1-5-38-23-11-12-24-26(16-23)40-32(33-24)34-28(20-8-6-19(7-9-20)17(2)3)27(30(36)31(34)37)29(35)21-10-13-25-22(15-21)14-18(4)39-25/h6-13,15-18,28,35H,5,14H2,1-4H3/t18-,28+/m0/s1. The van der Waals surface area contributed by atoms with Gasteiger partial charge in [-0.3, -0.25) is 14.5 Å². The van der Waals surface area contributed by atoms with Gasteiger partial charge in [0.05, 0.1) is 28.4 Å². The maximum Gasteiger partial charge on any atom is 0.301 e. The quantitative estimate of drug-likeness (QED) is 0.161. The van der Waals surface area contributed by atoms with Gasteiger partial charge in [-0.05, 0) is 72.9 Å². The normalized spacial score (nSPS) is 19.9. The molecule has 3 aromatic carbocycles. The molecule has 2 aliphatic heterocycles. The third-order valence-electron chi connectivity index (χ3n) is 7.40. The predicted octanol–water partition coefficient (Wildman–Crippen LogP) is 6.77. The molecule has 204 valence electrons. The van der Waals surface area contributed by atoms with Gasteiger partial charge >= 0.3 is 5.91 Å². The van der Waals surface area contributed by atoms with Crippen molar-refractivity contribution in [2.45, 2.75) is 52.2 Å². The zero-order chi connectivity index (χ0) is 28.1. The van der Waals surface area contributed by atoms with Crippen LogP contribution in [0.5, 0.6) is 11.5 Å². The van der Waals surface area contributed by atoms with Gasteiger partial charge in [-0.15, -0.1) is 0 Å². The maximum absolute atomic E-state index is 13.6. The molecule has 8 heteroatoms. The van der Waals surface area contributed by atoms with Gasteiger partial charge in [0.1, 0.15) is 23.4 Å². The monoisotopic (exact) mass is 554 g/mol. The van der Waals surface area contributed by atoms with E-state index in [0.717, 1.165) is 27.1 Å². The fourth-order valence-electron chi connectivity index (χ4n) is 5.39. The highest BCUT2D eigenvalue weighted by Crippen LogP contribution is 2.45. The van der Waals surface area contributed by atoms with Crippen LogP contribution < -0.4 is 14.4 Å². The van der Waals surface area contributed by atoms with Crippen LogP contribution in [0.1, 0.15) is 61.9 Å². The number of benzene rings is 3. The summed E-state index contributed by atoms with van der Waals surface area (Å²) in [5.41, 5.74) is 4.04. The number of hydrogen-bond acceptors (Lipinski definition) is 7. The van der Waals surface area contributed by atoms with Gasteiger partial charge in [-0.25, -0.2) is 4.98 Å². The number of anilines is 1. The van der Waals surface area contributed by atoms with E-state index in [4.69, 9.17) is 14.5 Å². The fourth-order valence-corrected chi connectivity index (χ4v) is 6.41. The molecule has 4 aromatic rings. The lowest BCUT2D eigenvalue weighted by Gasteiger charge is -2.23. The number of ether oxygens (including phenoxy) is 2. The lowest BCUT2D eigenvalue weighted by Crippen LogP contribution is -2.29. The molecular formula is C32H30N2O5S. The van der Waals surface area contributed by atoms with E-state index >= 15 is 0 Å². The average Bonchev–Trinajstić information content (AvgIpc) is 3.60. The molecule has 0 bridgehead atoms. The van der Waals surface area contributed by atoms with Crippen LogP contribution in [-0.4, -0.2) is 34.5 Å². The van der Waals surface area contributed by atoms with Gasteiger partial charge in [-0.1, -0.05) is 49.4 Å². The summed E-state index contributed by atoms with van der Waals surface area (Å²) in [6.45, 7) is 8.66. The van der Waals surface area contributed by atoms with Gasteiger partial charge in [-0.2, -0.15) is 0 Å². The first kappa shape index (κ1) is 26.1. The van der Waals surface area contributed by atoms with E-state index in [1.165, 1.54) is 16.2 Å². The summed E-state index contributed by atoms with van der Waals surface area (Å²) in [5, 5.41) is 12.0. The van der Waals surface area contributed by atoms with Crippen LogP contribution in [0, 0.1) is 0 Å². The van der Waals surface area contributed by atoms with Gasteiger partial charge < -0.3 is 14.6 Å². The number of rotatable bonds is 6. The van der Waals surface area contributed by atoms with Gasteiger partial charge in [0.2, 0.25) is 0 Å². The number of fused-ring (bicyclic) bond motifs is 2. The highest BCUT2D eigenvalue weighted by Gasteiger charge is 2.48. The first-order valence-electron chi connectivity index (χ1n) is 13.5. The average molecular weight is 555 g/mol. The van der Waals surface area contributed by atoms with E-state index in [1.807, 2.05) is 62.4 Å². The van der Waals surface area contributed by atoms with Crippen molar-refractivity contribution >= 4 is 44.1 Å². The molecule has 0 radical (unpaired) electrons. The molecular weight excluding hydrogens is 524 g/mol. The Bertz CT molecular complexity index is 1670. The van der Waals surface area contributed by atoms with Crippen LogP contribution in [0.3, 0.4) is 0 Å². The number of hydrogen-bond donors (Lipinski definition) is 1. The van der Waals surface area contributed by atoms with E-state index in [0.29, 0.717) is 40.9 Å². The smallest absolute Gasteiger partial charge is 0.301 e. The summed E-state index contributed by atoms with van der Waals surface area (Å²) < 4.78 is 12.3. The Morgan fingerprint density at radius 2 is 1.90 bits per heavy atom. The predicted molar refractivity (Wildman–Crippen MR) is 156 cm³/mol. The second-order valence-corrected chi connectivity index (χ2v) is 11.5. The number of aliphatic hydroxyl groups excluding tert-OH is 1. The summed E-state index contributed by atoms with van der Waals surface area (Å²) in [7, 11) is 0. The second kappa shape index (κ2) is 10.1. The number of carbonyl (C=O) groups is 2. The molecule has 1 amide bonds. The third kappa shape index (κ3) is 4.42. The number of amides is 1. The SMILES string of the molecule is CCOc1ccc2nc(N3C(=O)C(=O)C(=C(O)c4ccc5c(c4)C[C@H](C)O5)[C@H]3c3ccc(C(C)C)cc3)sc2c1. The summed E-state index contributed by atoms with van der Waals surface area (Å²) in [6.07, 6.45) is 0.750. The van der Waals surface area contributed by atoms with E-state index in [1.54, 1.807) is 12.1 Å². The molecule has 2 aliphatic rings. The van der Waals surface area contributed by atoms with Crippen LogP contribution in [0.2, 0.25) is 0 Å². The number of ketones is 1. The number of aromatic nitrogens is 1. The van der Waals surface area contributed by atoms with Crippen molar-refractivity contribution in [1.82, 2.24) is 4.98 Å². The van der Waals surface area contributed by atoms with Crippen molar-refractivity contribution in [1.29, 1.82) is 0 Å². The molecule has 40 heavy (non-hydrogen) atoms. The molecule has 1 aromatic heterocycles. The topological polar surface area (TPSA) is 89.0 Å². The molecule has 0 unspecified atom stereocenters. The molecule has 6 rings (SSSR count). The summed E-state index contributed by atoms with van der Waals surface area (Å²) in [5.74, 6) is 0.131. The zero-order valence-electron chi connectivity index (χ0n) is 22.8. The lowest BCUT2D eigenvalue weighted by atomic mass is 9.93. The number of thiazole rings is 1. The van der Waals surface area contributed by atoms with E-state index in [2.05, 4.69) is 13.8 Å². The van der Waals surface area contributed by atoms with Crippen LogP contribution in [0.15, 0.2) is 66.2 Å². The minimum atomic E-state index is -0.837. The van der Waals surface area contributed by atoms with Crippen LogP contribution in [-0.2, 0) is 16.0 Å². The van der Waals surface area contributed by atoms with Crippen molar-refractivity contribution in [2.75, 3.05) is 11.5 Å². The minimum absolute atomic E-state index is 0.0414. The van der Waals surface area contributed by atoms with Crippen molar-refractivity contribution in [3.63, 3.8) is 0 Å². The molecule has 1 N–H and O–H groups in total. The number of Topliss-reactive ketones (excluding diaryl/α,β-unsaturated/α-hetero) is 1. The minimum Gasteiger partial charge on any atom is -0.507 e. The van der Waals surface area contributed by atoms with Crippen molar-refractivity contribution in [3.8, 4) is 11.5 Å². The Kier molecular flexibility index (Phi) is 6.58. The van der Waals surface area contributed by atoms with Crippen molar-refractivity contribution < 1.29 is 24.2 Å². The highest BCUT2D eigenvalue weighted by atomic mass is 32.1. The lowest BCUT2D eigenvalue weighted by molar-refractivity contribution is -0.132. The number of nitrogens with zero attached hydrogens (tertiary/aromatic N) is 2. The summed E-state index contributed by atoms with van der Waals surface area (Å²) >= 11 is 1.31. The Labute approximate surface area is 236 Å². The van der Waals surface area contributed by atoms with E-state index in [-0.39, 0.29) is 17.4 Å². The Morgan fingerprint density at radius 1 is 1.12 bits per heavy atom. The molecule has 0 saturated carbocycles. The van der Waals surface area contributed by atoms with Gasteiger partial charge in [0.15, 0.2) is 5.13 Å². The Hall–Kier alpha value is -4.17. The van der Waals surface area contributed by atoms with Crippen molar-refractivity contribution in [2.24, 2.45) is 0 Å². The summed E-state index contributed by atoms with van der Waals surface area (Å²) in [6, 6.07) is 17.9. The largest absolute Gasteiger partial charge is 0.507 e.